The average molecular weight is 995 g/mol. The summed E-state index contributed by atoms with van der Waals surface area (Å²) in [5, 5.41) is 98.7. The Morgan fingerprint density at radius 1 is 0.735 bits per heavy atom. The van der Waals surface area contributed by atoms with E-state index in [4.69, 9.17) is 42.4 Å². The summed E-state index contributed by atoms with van der Waals surface area (Å²) in [6.45, 7) is 14.0. The molecule has 5 aliphatic heterocycles. The molecule has 0 aromatic rings. The van der Waals surface area contributed by atoms with E-state index in [1.807, 2.05) is 20.8 Å². The highest BCUT2D eigenvalue weighted by Crippen LogP contribution is 2.80. The van der Waals surface area contributed by atoms with Gasteiger partial charge in [0.1, 0.15) is 61.0 Å². The van der Waals surface area contributed by atoms with Crippen LogP contribution in [-0.2, 0) is 52.5 Å². The molecule has 390 valence electrons. The van der Waals surface area contributed by atoms with Gasteiger partial charge in [0, 0.05) is 24.2 Å². The molecule has 0 radical (unpaired) electrons. The Hall–Kier alpha value is -1.07. The standard InChI is InChI=1S/C46H74O21S/c1-20(2)14-21-15-44(7,55)36-22-8-9-26-42(5)12-11-27(41(3,4)25(42)10-13-43(26,6)45(22)18-46(36,67-21)59-19-45)63-40-35(65-38-31(51)28(48)23(16-47)61-38)34(33(53)37(54)66-40)64-39-32(52)30(50)29(49)24(62-39)17-60-68(56,57)58/h14,21-40,47-55H,8-13,15-19H2,1-7H3,(H,56,57,58)/t21-,22?,23-,24+,25?,26?,27-,28-,29+,30-,31+,32+,33-,34-,35+,36?,37-,38-,39-,40+,42-,43+,44-,45-,46-/m0/s1. The molecule has 9 aliphatic rings. The van der Waals surface area contributed by atoms with Gasteiger partial charge in [0.15, 0.2) is 30.9 Å². The molecule has 9 fully saturated rings. The average Bonchev–Trinajstić information content (AvgIpc) is 3.86. The summed E-state index contributed by atoms with van der Waals surface area (Å²) in [6, 6.07) is 0. The van der Waals surface area contributed by atoms with Crippen molar-refractivity contribution < 1.29 is 101 Å². The van der Waals surface area contributed by atoms with Crippen molar-refractivity contribution in [1.82, 2.24) is 0 Å². The fourth-order valence-corrected chi connectivity index (χ4v) is 16.1. The third-order valence-electron chi connectivity index (χ3n) is 18.7. The van der Waals surface area contributed by atoms with E-state index < -0.39 is 133 Å². The van der Waals surface area contributed by atoms with Crippen molar-refractivity contribution >= 4 is 10.4 Å². The first-order valence-corrected chi connectivity index (χ1v) is 25.6. The second-order valence-corrected chi connectivity index (χ2v) is 24.2. The largest absolute Gasteiger partial charge is 0.397 e. The van der Waals surface area contributed by atoms with Crippen LogP contribution in [0.15, 0.2) is 11.6 Å². The molecule has 10 N–H and O–H groups in total. The zero-order valence-electron chi connectivity index (χ0n) is 39.8. The maximum atomic E-state index is 12.2. The zero-order chi connectivity index (χ0) is 49.5. The van der Waals surface area contributed by atoms with Gasteiger partial charge in [0.2, 0.25) is 0 Å². The summed E-state index contributed by atoms with van der Waals surface area (Å²) in [5.74, 6) is -0.396. The smallest absolute Gasteiger partial charge is 0.394 e. The molecule has 9 rings (SSSR count). The lowest BCUT2D eigenvalue weighted by molar-refractivity contribution is -0.405. The predicted molar refractivity (Wildman–Crippen MR) is 230 cm³/mol. The Morgan fingerprint density at radius 2 is 1.38 bits per heavy atom. The van der Waals surface area contributed by atoms with Crippen LogP contribution in [0.5, 0.6) is 0 Å². The first-order valence-electron chi connectivity index (χ1n) is 24.2. The normalized spacial score (nSPS) is 55.2. The molecule has 22 heteroatoms. The first kappa shape index (κ1) is 51.8. The van der Waals surface area contributed by atoms with Crippen molar-refractivity contribution in [2.45, 2.75) is 210 Å². The van der Waals surface area contributed by atoms with Crippen LogP contribution in [0, 0.1) is 45.3 Å². The molecular formula is C46H74O21S. The van der Waals surface area contributed by atoms with Gasteiger partial charge < -0.3 is 83.9 Å². The van der Waals surface area contributed by atoms with E-state index in [9.17, 15) is 54.4 Å². The van der Waals surface area contributed by atoms with Gasteiger partial charge in [-0.1, -0.05) is 39.3 Å². The fraction of sp³-hybridized carbons (Fsp3) is 0.957. The quantitative estimate of drug-likeness (QED) is 0.0725. The third-order valence-corrected chi connectivity index (χ3v) is 19.1. The lowest BCUT2D eigenvalue weighted by Crippen LogP contribution is -2.68. The Balaban J connectivity index is 0.978. The van der Waals surface area contributed by atoms with Crippen LogP contribution in [-0.4, -0.2) is 189 Å². The summed E-state index contributed by atoms with van der Waals surface area (Å²) in [5.41, 5.74) is -0.936. The Bertz CT molecular complexity index is 2000. The molecule has 2 spiro atoms. The van der Waals surface area contributed by atoms with Crippen molar-refractivity contribution in [2.24, 2.45) is 45.3 Å². The van der Waals surface area contributed by atoms with Gasteiger partial charge in [0.05, 0.1) is 37.6 Å². The molecule has 4 saturated carbocycles. The lowest BCUT2D eigenvalue weighted by Gasteiger charge is -2.70. The van der Waals surface area contributed by atoms with Crippen molar-refractivity contribution in [2.75, 3.05) is 19.8 Å². The summed E-state index contributed by atoms with van der Waals surface area (Å²) in [6.07, 6.45) is -17.8. The molecule has 68 heavy (non-hydrogen) atoms. The third kappa shape index (κ3) is 8.20. The van der Waals surface area contributed by atoms with Gasteiger partial charge in [0.25, 0.3) is 0 Å². The summed E-state index contributed by atoms with van der Waals surface area (Å²) < 4.78 is 86.2. The summed E-state index contributed by atoms with van der Waals surface area (Å²) >= 11 is 0. The number of aliphatic hydroxyl groups is 9. The second kappa shape index (κ2) is 17.8. The SMILES string of the molecule is CC(C)=C[C@H]1C[C@](C)(O)C2C3CCC4[C@@]5(C)CC[C@H](O[C@@H]6O[C@H](O)[C@@H](O)[C@H](O[C@@H]7O[C@H](COS(=O)(=O)O)[C@@H](O)[C@H](O)[C@H]7O)[C@H]6O[C@@H]6O[C@@H](CO)[C@H](O)[C@H]6O)C(C)(C)C5CC[C@@]4(C)[C@@]34CO[C@@]2(C4)O1. The van der Waals surface area contributed by atoms with Crippen LogP contribution in [0.1, 0.15) is 99.8 Å². The van der Waals surface area contributed by atoms with E-state index in [-0.39, 0.29) is 46.0 Å². The lowest BCUT2D eigenvalue weighted by atomic mass is 9.35. The van der Waals surface area contributed by atoms with Crippen molar-refractivity contribution in [3.63, 3.8) is 0 Å². The molecule has 0 aromatic heterocycles. The van der Waals surface area contributed by atoms with Crippen LogP contribution in [0.3, 0.4) is 0 Å². The van der Waals surface area contributed by atoms with E-state index in [1.165, 1.54) is 0 Å². The molecule has 2 bridgehead atoms. The number of hydrogen-bond donors (Lipinski definition) is 10. The Labute approximate surface area is 396 Å². The maximum absolute atomic E-state index is 12.2. The molecule has 25 atom stereocenters. The second-order valence-electron chi connectivity index (χ2n) is 23.1. The van der Waals surface area contributed by atoms with Crippen LogP contribution in [0.2, 0.25) is 0 Å². The highest BCUT2D eigenvalue weighted by molar-refractivity contribution is 7.80. The highest BCUT2D eigenvalue weighted by atomic mass is 32.3. The Morgan fingerprint density at radius 3 is 2.03 bits per heavy atom. The number of allylic oxidation sites excluding steroid dienone is 1. The van der Waals surface area contributed by atoms with Crippen LogP contribution in [0.4, 0.5) is 0 Å². The minimum atomic E-state index is -5.05. The highest BCUT2D eigenvalue weighted by Gasteiger charge is 2.81. The van der Waals surface area contributed by atoms with E-state index in [0.717, 1.165) is 44.1 Å². The fourth-order valence-electron chi connectivity index (χ4n) is 15.8. The van der Waals surface area contributed by atoms with E-state index >= 15 is 0 Å². The predicted octanol–water partition coefficient (Wildman–Crippen LogP) is -0.249. The van der Waals surface area contributed by atoms with Crippen LogP contribution < -0.4 is 0 Å². The maximum Gasteiger partial charge on any atom is 0.397 e. The first-order chi connectivity index (χ1) is 31.6. The number of fused-ring (bicyclic) bond motifs is 4. The molecule has 0 aromatic carbocycles. The van der Waals surface area contributed by atoms with E-state index in [0.29, 0.717) is 19.4 Å². The van der Waals surface area contributed by atoms with Crippen molar-refractivity contribution in [3.05, 3.63) is 11.6 Å². The minimum absolute atomic E-state index is 0.104. The topological polar surface area (TPSA) is 320 Å². The minimum Gasteiger partial charge on any atom is -0.394 e. The van der Waals surface area contributed by atoms with Gasteiger partial charge in [-0.15, -0.1) is 0 Å². The molecule has 5 saturated heterocycles. The number of ether oxygens (including phenoxy) is 8. The van der Waals surface area contributed by atoms with Crippen molar-refractivity contribution in [1.29, 1.82) is 0 Å². The number of rotatable bonds is 11. The molecule has 5 heterocycles. The molecule has 4 unspecified atom stereocenters. The van der Waals surface area contributed by atoms with Gasteiger partial charge in [-0.05, 0) is 93.3 Å². The molecule has 0 amide bonds. The number of aliphatic hydroxyl groups excluding tert-OH is 8. The monoisotopic (exact) mass is 994 g/mol. The van der Waals surface area contributed by atoms with E-state index in [1.54, 1.807) is 0 Å². The zero-order valence-corrected chi connectivity index (χ0v) is 40.6. The van der Waals surface area contributed by atoms with Gasteiger partial charge in [-0.25, -0.2) is 4.18 Å². The van der Waals surface area contributed by atoms with Crippen LogP contribution >= 0.6 is 0 Å². The number of hydrogen-bond acceptors (Lipinski definition) is 20. The summed E-state index contributed by atoms with van der Waals surface area (Å²) in [4.78, 5) is 0. The van der Waals surface area contributed by atoms with Gasteiger partial charge in [-0.3, -0.25) is 4.55 Å². The molecule has 4 aliphatic carbocycles. The van der Waals surface area contributed by atoms with Crippen LogP contribution in [0.25, 0.3) is 0 Å². The summed E-state index contributed by atoms with van der Waals surface area (Å²) in [7, 11) is -5.05. The van der Waals surface area contributed by atoms with Gasteiger partial charge in [-0.2, -0.15) is 8.42 Å². The molecular weight excluding hydrogens is 921 g/mol. The molecule has 21 nitrogen and oxygen atoms in total. The van der Waals surface area contributed by atoms with E-state index in [2.05, 4.69) is 38.0 Å². The Kier molecular flexibility index (Phi) is 13.6. The van der Waals surface area contributed by atoms with Gasteiger partial charge >= 0.3 is 10.4 Å². The van der Waals surface area contributed by atoms with Crippen molar-refractivity contribution in [3.8, 4) is 0 Å².